The molecule has 118 valence electrons. The van der Waals surface area contributed by atoms with Crippen LogP contribution in [0.15, 0.2) is 41.1 Å². The van der Waals surface area contributed by atoms with Crippen molar-refractivity contribution >= 4 is 17.6 Å². The minimum atomic E-state index is -0.885. The first kappa shape index (κ1) is 15.3. The summed E-state index contributed by atoms with van der Waals surface area (Å²) in [7, 11) is 0. The number of nitrogens with zero attached hydrogens (tertiary/aromatic N) is 3. The zero-order chi connectivity index (χ0) is 16.4. The van der Waals surface area contributed by atoms with Crippen molar-refractivity contribution in [3.8, 4) is 17.3 Å². The number of carbonyl (C=O) groups is 1. The molecule has 0 aliphatic carbocycles. The van der Waals surface area contributed by atoms with E-state index in [1.807, 2.05) is 19.1 Å². The highest BCUT2D eigenvalue weighted by atomic mass is 35.5. The lowest BCUT2D eigenvalue weighted by molar-refractivity contribution is -0.137. The van der Waals surface area contributed by atoms with Crippen LogP contribution in [0.25, 0.3) is 17.3 Å². The SMILES string of the molecule is Cc1nccn1-c1nc(-c2ccc(Cl)cc2)c(CCC(=O)O)o1. The number of hydrogen-bond acceptors (Lipinski definition) is 4. The van der Waals surface area contributed by atoms with Crippen LogP contribution in [0, 0.1) is 6.92 Å². The summed E-state index contributed by atoms with van der Waals surface area (Å²) in [5, 5.41) is 9.53. The van der Waals surface area contributed by atoms with Crippen LogP contribution in [-0.4, -0.2) is 25.6 Å². The van der Waals surface area contributed by atoms with Crippen LogP contribution >= 0.6 is 11.6 Å². The topological polar surface area (TPSA) is 81.2 Å². The van der Waals surface area contributed by atoms with E-state index in [2.05, 4.69) is 9.97 Å². The number of carboxylic acids is 1. The van der Waals surface area contributed by atoms with Crippen LogP contribution in [-0.2, 0) is 11.2 Å². The van der Waals surface area contributed by atoms with Gasteiger partial charge in [0.25, 0.3) is 0 Å². The summed E-state index contributed by atoms with van der Waals surface area (Å²) in [5.41, 5.74) is 1.44. The number of aromatic nitrogens is 3. The van der Waals surface area contributed by atoms with E-state index in [1.54, 1.807) is 29.1 Å². The van der Waals surface area contributed by atoms with Gasteiger partial charge in [-0.2, -0.15) is 4.98 Å². The Labute approximate surface area is 137 Å². The average Bonchev–Trinajstić information content (AvgIpc) is 3.12. The van der Waals surface area contributed by atoms with Gasteiger partial charge in [-0.25, -0.2) is 4.98 Å². The molecule has 0 bridgehead atoms. The fraction of sp³-hybridized carbons (Fsp3) is 0.188. The molecule has 0 amide bonds. The maximum atomic E-state index is 10.9. The Kier molecular flexibility index (Phi) is 4.16. The number of carboxylic acid groups (broad SMARTS) is 1. The zero-order valence-corrected chi connectivity index (χ0v) is 13.1. The molecule has 0 unspecified atom stereocenters. The van der Waals surface area contributed by atoms with Gasteiger partial charge in [0.2, 0.25) is 0 Å². The fourth-order valence-corrected chi connectivity index (χ4v) is 2.37. The monoisotopic (exact) mass is 331 g/mol. The Bertz CT molecular complexity index is 837. The van der Waals surface area contributed by atoms with Crippen LogP contribution in [0.1, 0.15) is 18.0 Å². The van der Waals surface area contributed by atoms with Crippen molar-refractivity contribution in [3.63, 3.8) is 0 Å². The van der Waals surface area contributed by atoms with Crippen LogP contribution < -0.4 is 0 Å². The quantitative estimate of drug-likeness (QED) is 0.773. The van der Waals surface area contributed by atoms with Gasteiger partial charge < -0.3 is 9.52 Å². The molecule has 0 saturated heterocycles. The molecule has 0 aliphatic rings. The van der Waals surface area contributed by atoms with Crippen molar-refractivity contribution in [1.29, 1.82) is 0 Å². The van der Waals surface area contributed by atoms with Crippen LogP contribution in [0.3, 0.4) is 0 Å². The van der Waals surface area contributed by atoms with Gasteiger partial charge >= 0.3 is 12.0 Å². The molecular weight excluding hydrogens is 318 g/mol. The van der Waals surface area contributed by atoms with Gasteiger partial charge in [-0.05, 0) is 19.1 Å². The van der Waals surface area contributed by atoms with Crippen LogP contribution in [0.4, 0.5) is 0 Å². The molecule has 3 rings (SSSR count). The summed E-state index contributed by atoms with van der Waals surface area (Å²) < 4.78 is 7.50. The lowest BCUT2D eigenvalue weighted by Gasteiger charge is -2.00. The fourth-order valence-electron chi connectivity index (χ4n) is 2.25. The van der Waals surface area contributed by atoms with E-state index in [0.29, 0.717) is 22.5 Å². The van der Waals surface area contributed by atoms with Crippen LogP contribution in [0.2, 0.25) is 5.02 Å². The summed E-state index contributed by atoms with van der Waals surface area (Å²) in [6, 6.07) is 7.54. The van der Waals surface area contributed by atoms with Crippen LogP contribution in [0.5, 0.6) is 0 Å². The third-order valence-corrected chi connectivity index (χ3v) is 3.65. The standard InChI is InChI=1S/C16H14ClN3O3/c1-10-18-8-9-20(10)16-19-15(11-2-4-12(17)5-3-11)13(23-16)6-7-14(21)22/h2-5,8-9H,6-7H2,1H3,(H,21,22). The molecule has 7 heteroatoms. The average molecular weight is 332 g/mol. The normalized spacial score (nSPS) is 10.9. The number of aliphatic carboxylic acids is 1. The predicted octanol–water partition coefficient (Wildman–Crippen LogP) is 3.51. The van der Waals surface area contributed by atoms with E-state index >= 15 is 0 Å². The third-order valence-electron chi connectivity index (χ3n) is 3.40. The first-order valence-electron chi connectivity index (χ1n) is 7.02. The highest BCUT2D eigenvalue weighted by molar-refractivity contribution is 6.30. The first-order valence-corrected chi connectivity index (χ1v) is 7.40. The van der Waals surface area contributed by atoms with Crippen molar-refractivity contribution in [3.05, 3.63) is 53.3 Å². The van der Waals surface area contributed by atoms with Gasteiger partial charge in [0.1, 0.15) is 17.3 Å². The van der Waals surface area contributed by atoms with Gasteiger partial charge in [0, 0.05) is 29.4 Å². The van der Waals surface area contributed by atoms with E-state index in [0.717, 1.165) is 11.4 Å². The third kappa shape index (κ3) is 3.27. The van der Waals surface area contributed by atoms with Crippen molar-refractivity contribution in [2.45, 2.75) is 19.8 Å². The molecule has 0 spiro atoms. The van der Waals surface area contributed by atoms with E-state index in [9.17, 15) is 4.79 Å². The maximum absolute atomic E-state index is 10.9. The molecule has 23 heavy (non-hydrogen) atoms. The van der Waals surface area contributed by atoms with Gasteiger partial charge in [0.15, 0.2) is 0 Å². The van der Waals surface area contributed by atoms with E-state index in [4.69, 9.17) is 21.1 Å². The van der Waals surface area contributed by atoms with E-state index < -0.39 is 5.97 Å². The van der Waals surface area contributed by atoms with Gasteiger partial charge in [-0.15, -0.1) is 0 Å². The molecule has 2 aromatic heterocycles. The number of imidazole rings is 1. The van der Waals surface area contributed by atoms with Gasteiger partial charge in [-0.1, -0.05) is 23.7 Å². The van der Waals surface area contributed by atoms with Gasteiger partial charge in [0.05, 0.1) is 6.42 Å². The number of oxazole rings is 1. The molecule has 0 fully saturated rings. The molecule has 0 radical (unpaired) electrons. The van der Waals surface area contributed by atoms with E-state index in [1.165, 1.54) is 0 Å². The maximum Gasteiger partial charge on any atom is 0.307 e. The minimum Gasteiger partial charge on any atom is -0.481 e. The molecular formula is C16H14ClN3O3. The summed E-state index contributed by atoms with van der Waals surface area (Å²) in [6.07, 6.45) is 3.62. The summed E-state index contributed by atoms with van der Waals surface area (Å²) in [6.45, 7) is 1.84. The second kappa shape index (κ2) is 6.26. The molecule has 0 atom stereocenters. The second-order valence-electron chi connectivity index (χ2n) is 5.01. The Morgan fingerprint density at radius 2 is 2.09 bits per heavy atom. The molecule has 0 saturated carbocycles. The zero-order valence-electron chi connectivity index (χ0n) is 12.4. The Hall–Kier alpha value is -2.60. The lowest BCUT2D eigenvalue weighted by atomic mass is 10.1. The summed E-state index contributed by atoms with van der Waals surface area (Å²) >= 11 is 5.91. The summed E-state index contributed by atoms with van der Waals surface area (Å²) in [5.74, 6) is 0.375. The number of benzene rings is 1. The summed E-state index contributed by atoms with van der Waals surface area (Å²) in [4.78, 5) is 19.5. The Balaban J connectivity index is 2.04. The number of aryl methyl sites for hydroxylation is 2. The Morgan fingerprint density at radius 3 is 2.70 bits per heavy atom. The first-order chi connectivity index (χ1) is 11.0. The Morgan fingerprint density at radius 1 is 1.35 bits per heavy atom. The number of hydrogen-bond donors (Lipinski definition) is 1. The molecule has 1 aromatic carbocycles. The van der Waals surface area contributed by atoms with Crippen molar-refractivity contribution in [2.75, 3.05) is 0 Å². The van der Waals surface area contributed by atoms with E-state index in [-0.39, 0.29) is 12.8 Å². The van der Waals surface area contributed by atoms with Crippen molar-refractivity contribution in [2.24, 2.45) is 0 Å². The lowest BCUT2D eigenvalue weighted by Crippen LogP contribution is -1.97. The highest BCUT2D eigenvalue weighted by Gasteiger charge is 2.18. The van der Waals surface area contributed by atoms with Crippen molar-refractivity contribution in [1.82, 2.24) is 14.5 Å². The van der Waals surface area contributed by atoms with Crippen molar-refractivity contribution < 1.29 is 14.3 Å². The smallest absolute Gasteiger partial charge is 0.307 e. The number of halogens is 1. The molecule has 2 heterocycles. The number of rotatable bonds is 5. The second-order valence-corrected chi connectivity index (χ2v) is 5.45. The van der Waals surface area contributed by atoms with Gasteiger partial charge in [-0.3, -0.25) is 9.36 Å². The minimum absolute atomic E-state index is 0.0296. The predicted molar refractivity (Wildman–Crippen MR) is 84.8 cm³/mol. The highest BCUT2D eigenvalue weighted by Crippen LogP contribution is 2.28. The molecule has 1 N–H and O–H groups in total. The molecule has 3 aromatic rings. The molecule has 6 nitrogen and oxygen atoms in total. The largest absolute Gasteiger partial charge is 0.481 e. The molecule has 0 aliphatic heterocycles.